The van der Waals surface area contributed by atoms with E-state index >= 15 is 0 Å². The predicted octanol–water partition coefficient (Wildman–Crippen LogP) is 5.74. The topological polar surface area (TPSA) is 58.1 Å². The lowest BCUT2D eigenvalue weighted by molar-refractivity contribution is 0.0945. The van der Waals surface area contributed by atoms with Crippen molar-refractivity contribution >= 4 is 57.4 Å². The molecule has 3 aromatic rings. The lowest BCUT2D eigenvalue weighted by Crippen LogP contribution is -2.38. The highest BCUT2D eigenvalue weighted by Crippen LogP contribution is 2.25. The molecule has 0 spiro atoms. The number of nitrogens with one attached hydrogen (secondary N) is 1. The first-order valence-electron chi connectivity index (χ1n) is 10.0. The van der Waals surface area contributed by atoms with Crippen molar-refractivity contribution in [1.29, 1.82) is 0 Å². The molecule has 1 aliphatic rings. The summed E-state index contributed by atoms with van der Waals surface area (Å²) in [7, 11) is 0. The molecule has 1 N–H and O–H groups in total. The van der Waals surface area contributed by atoms with E-state index < -0.39 is 0 Å². The van der Waals surface area contributed by atoms with Crippen LogP contribution < -0.4 is 10.2 Å². The Labute approximate surface area is 200 Å². The molecule has 2 aromatic carbocycles. The van der Waals surface area contributed by atoms with E-state index in [4.69, 9.17) is 39.8 Å². The highest BCUT2D eigenvalue weighted by atomic mass is 35.5. The molecule has 0 unspecified atom stereocenters. The van der Waals surface area contributed by atoms with Gasteiger partial charge in [0.2, 0.25) is 5.13 Å². The predicted molar refractivity (Wildman–Crippen MR) is 128 cm³/mol. The van der Waals surface area contributed by atoms with Crippen molar-refractivity contribution < 1.29 is 4.79 Å². The molecule has 0 radical (unpaired) electrons. The van der Waals surface area contributed by atoms with E-state index in [2.05, 4.69) is 14.6 Å². The summed E-state index contributed by atoms with van der Waals surface area (Å²) >= 11 is 19.4. The van der Waals surface area contributed by atoms with Crippen molar-refractivity contribution in [2.75, 3.05) is 24.5 Å². The van der Waals surface area contributed by atoms with Crippen LogP contribution in [0.3, 0.4) is 0 Å². The molecule has 9 heteroatoms. The van der Waals surface area contributed by atoms with Gasteiger partial charge in [-0.05, 0) is 54.7 Å². The van der Waals surface area contributed by atoms with E-state index in [0.717, 1.165) is 47.5 Å². The fourth-order valence-corrected chi connectivity index (χ4v) is 4.97. The van der Waals surface area contributed by atoms with E-state index in [9.17, 15) is 4.79 Å². The maximum absolute atomic E-state index is 12.4. The molecule has 1 saturated heterocycles. The SMILES string of the molecule is O=C(NCC1CCN(c2nc(Cc3ccc(Cl)cc3)ns2)CC1)c1cc(Cl)cc(Cl)c1. The number of aromatic nitrogens is 2. The van der Waals surface area contributed by atoms with Gasteiger partial charge < -0.3 is 10.2 Å². The van der Waals surface area contributed by atoms with Crippen molar-refractivity contribution in [3.05, 3.63) is 74.5 Å². The van der Waals surface area contributed by atoms with Crippen LogP contribution in [0.25, 0.3) is 0 Å². The van der Waals surface area contributed by atoms with Gasteiger partial charge in [-0.25, -0.2) is 4.98 Å². The van der Waals surface area contributed by atoms with Crippen molar-refractivity contribution in [1.82, 2.24) is 14.7 Å². The molecule has 1 aliphatic heterocycles. The van der Waals surface area contributed by atoms with Crippen LogP contribution >= 0.6 is 46.3 Å². The number of anilines is 1. The van der Waals surface area contributed by atoms with E-state index in [1.54, 1.807) is 18.2 Å². The largest absolute Gasteiger partial charge is 0.352 e. The molecule has 4 rings (SSSR count). The minimum atomic E-state index is -0.150. The quantitative estimate of drug-likeness (QED) is 0.474. The van der Waals surface area contributed by atoms with Crippen LogP contribution in [0, 0.1) is 5.92 Å². The second-order valence-corrected chi connectivity index (χ2v) is 9.63. The van der Waals surface area contributed by atoms with Crippen molar-refractivity contribution in [3.8, 4) is 0 Å². The first-order chi connectivity index (χ1) is 15.0. The van der Waals surface area contributed by atoms with Crippen LogP contribution in [-0.2, 0) is 6.42 Å². The normalized spacial score (nSPS) is 14.6. The lowest BCUT2D eigenvalue weighted by Gasteiger charge is -2.31. The second kappa shape index (κ2) is 10.2. The Morgan fingerprint density at radius 3 is 2.39 bits per heavy atom. The van der Waals surface area contributed by atoms with Crippen LogP contribution in [0.15, 0.2) is 42.5 Å². The fraction of sp³-hybridized carbons (Fsp3) is 0.318. The first kappa shape index (κ1) is 22.3. The molecule has 2 heterocycles. The zero-order valence-corrected chi connectivity index (χ0v) is 19.7. The Balaban J connectivity index is 1.25. The van der Waals surface area contributed by atoms with Gasteiger partial charge in [-0.2, -0.15) is 4.37 Å². The number of halogens is 3. The monoisotopic (exact) mass is 494 g/mol. The number of hydrogen-bond donors (Lipinski definition) is 1. The summed E-state index contributed by atoms with van der Waals surface area (Å²) in [4.78, 5) is 19.4. The van der Waals surface area contributed by atoms with Gasteiger partial charge in [0, 0.05) is 58.2 Å². The minimum absolute atomic E-state index is 0.150. The van der Waals surface area contributed by atoms with Crippen LogP contribution in [0.4, 0.5) is 5.13 Å². The van der Waals surface area contributed by atoms with Crippen molar-refractivity contribution in [2.24, 2.45) is 5.92 Å². The van der Waals surface area contributed by atoms with E-state index in [-0.39, 0.29) is 5.91 Å². The van der Waals surface area contributed by atoms with Gasteiger partial charge >= 0.3 is 0 Å². The summed E-state index contributed by atoms with van der Waals surface area (Å²) in [5, 5.41) is 5.60. The van der Waals surface area contributed by atoms with Gasteiger partial charge in [-0.1, -0.05) is 46.9 Å². The van der Waals surface area contributed by atoms with Gasteiger partial charge in [-0.15, -0.1) is 0 Å². The standard InChI is InChI=1S/C22H21Cl3N4OS/c23-17-3-1-14(2-4-17)9-20-27-22(31-28-20)29-7-5-15(6-8-29)13-26-21(30)16-10-18(24)12-19(25)11-16/h1-4,10-12,15H,5-9,13H2,(H,26,30). The Hall–Kier alpha value is -1.86. The zero-order valence-electron chi connectivity index (χ0n) is 16.7. The van der Waals surface area contributed by atoms with Gasteiger partial charge in [0.1, 0.15) is 5.82 Å². The van der Waals surface area contributed by atoms with Crippen LogP contribution in [0.2, 0.25) is 15.1 Å². The summed E-state index contributed by atoms with van der Waals surface area (Å²) in [5.41, 5.74) is 1.63. The van der Waals surface area contributed by atoms with Gasteiger partial charge in [0.25, 0.3) is 5.91 Å². The summed E-state index contributed by atoms with van der Waals surface area (Å²) in [6, 6.07) is 12.6. The Morgan fingerprint density at radius 1 is 1.03 bits per heavy atom. The van der Waals surface area contributed by atoms with Crippen LogP contribution in [0.5, 0.6) is 0 Å². The molecule has 0 saturated carbocycles. The van der Waals surface area contributed by atoms with Crippen LogP contribution in [0.1, 0.15) is 34.6 Å². The zero-order chi connectivity index (χ0) is 21.8. The highest BCUT2D eigenvalue weighted by molar-refractivity contribution is 7.09. The number of nitrogens with zero attached hydrogens (tertiary/aromatic N) is 3. The number of rotatable bonds is 6. The number of carbonyl (C=O) groups excluding carboxylic acids is 1. The molecule has 1 aromatic heterocycles. The van der Waals surface area contributed by atoms with Gasteiger partial charge in [0.15, 0.2) is 0 Å². The molecular formula is C22H21Cl3N4OS. The molecule has 1 fully saturated rings. The average molecular weight is 496 g/mol. The number of piperidine rings is 1. The number of amides is 1. The number of carbonyl (C=O) groups is 1. The Morgan fingerprint density at radius 2 is 1.71 bits per heavy atom. The smallest absolute Gasteiger partial charge is 0.251 e. The lowest BCUT2D eigenvalue weighted by atomic mass is 9.97. The third kappa shape index (κ3) is 6.10. The summed E-state index contributed by atoms with van der Waals surface area (Å²) in [6.45, 7) is 2.44. The minimum Gasteiger partial charge on any atom is -0.352 e. The molecule has 31 heavy (non-hydrogen) atoms. The molecule has 5 nitrogen and oxygen atoms in total. The van der Waals surface area contributed by atoms with Crippen molar-refractivity contribution in [3.63, 3.8) is 0 Å². The Bertz CT molecular complexity index is 1030. The third-order valence-corrected chi connectivity index (χ3v) is 6.80. The molecule has 162 valence electrons. The molecule has 0 aliphatic carbocycles. The summed E-state index contributed by atoms with van der Waals surface area (Å²) in [5.74, 6) is 1.11. The molecular weight excluding hydrogens is 475 g/mol. The van der Waals surface area contributed by atoms with E-state index in [0.29, 0.717) is 34.5 Å². The molecule has 1 amide bonds. The summed E-state index contributed by atoms with van der Waals surface area (Å²) < 4.78 is 4.51. The summed E-state index contributed by atoms with van der Waals surface area (Å²) in [6.07, 6.45) is 2.68. The number of hydrogen-bond acceptors (Lipinski definition) is 5. The average Bonchev–Trinajstić information content (AvgIpc) is 3.22. The molecule has 0 atom stereocenters. The molecule has 0 bridgehead atoms. The maximum atomic E-state index is 12.4. The first-order valence-corrected chi connectivity index (χ1v) is 11.9. The number of benzene rings is 2. The second-order valence-electron chi connectivity index (χ2n) is 7.59. The van der Waals surface area contributed by atoms with Crippen LogP contribution in [-0.4, -0.2) is 34.9 Å². The van der Waals surface area contributed by atoms with E-state index in [1.165, 1.54) is 11.5 Å². The van der Waals surface area contributed by atoms with Crippen molar-refractivity contribution in [2.45, 2.75) is 19.3 Å². The van der Waals surface area contributed by atoms with Gasteiger partial charge in [0.05, 0.1) is 0 Å². The van der Waals surface area contributed by atoms with Gasteiger partial charge in [-0.3, -0.25) is 4.79 Å². The highest BCUT2D eigenvalue weighted by Gasteiger charge is 2.22. The Kier molecular flexibility index (Phi) is 7.33. The van der Waals surface area contributed by atoms with E-state index in [1.807, 2.05) is 24.3 Å². The third-order valence-electron chi connectivity index (χ3n) is 5.29. The fourth-order valence-electron chi connectivity index (χ4n) is 3.58. The maximum Gasteiger partial charge on any atom is 0.251 e.